The first kappa shape index (κ1) is 17.4. The van der Waals surface area contributed by atoms with Crippen LogP contribution in [0.15, 0.2) is 60.7 Å². The predicted molar refractivity (Wildman–Crippen MR) is 105 cm³/mol. The third-order valence-corrected chi connectivity index (χ3v) is 3.77. The van der Waals surface area contributed by atoms with Gasteiger partial charge in [0, 0.05) is 18.2 Å². The van der Waals surface area contributed by atoms with E-state index in [2.05, 4.69) is 40.5 Å². The number of para-hydroxylation sites is 1. The topological polar surface area (TPSA) is 73.6 Å². The van der Waals surface area contributed by atoms with Crippen molar-refractivity contribution in [1.29, 1.82) is 5.26 Å². The molecule has 5 heteroatoms. The molecule has 0 aliphatic heterocycles. The van der Waals surface area contributed by atoms with Crippen LogP contribution in [0.5, 0.6) is 0 Å². The van der Waals surface area contributed by atoms with Gasteiger partial charge in [0.15, 0.2) is 0 Å². The van der Waals surface area contributed by atoms with Crippen molar-refractivity contribution >= 4 is 17.5 Å². The molecule has 0 spiro atoms. The van der Waals surface area contributed by atoms with E-state index in [-0.39, 0.29) is 0 Å². The zero-order valence-corrected chi connectivity index (χ0v) is 14.9. The second-order valence-electron chi connectivity index (χ2n) is 6.39. The molecule has 1 heterocycles. The lowest BCUT2D eigenvalue weighted by atomic mass is 10.1. The monoisotopic (exact) mass is 343 g/mol. The van der Waals surface area contributed by atoms with E-state index in [0.29, 0.717) is 23.2 Å². The molecule has 3 rings (SSSR count). The minimum absolute atomic E-state index is 0.481. The van der Waals surface area contributed by atoms with E-state index in [9.17, 15) is 5.26 Å². The molecule has 1 aromatic heterocycles. The van der Waals surface area contributed by atoms with Gasteiger partial charge in [-0.2, -0.15) is 10.2 Å². The van der Waals surface area contributed by atoms with Gasteiger partial charge in [-0.1, -0.05) is 56.3 Å². The highest BCUT2D eigenvalue weighted by molar-refractivity contribution is 5.69. The van der Waals surface area contributed by atoms with Crippen molar-refractivity contribution in [3.05, 3.63) is 66.2 Å². The lowest BCUT2D eigenvalue weighted by molar-refractivity contribution is 0.685. The smallest absolute Gasteiger partial charge is 0.225 e. The Bertz CT molecular complexity index is 913. The first-order chi connectivity index (χ1) is 12.7. The maximum Gasteiger partial charge on any atom is 0.225 e. The van der Waals surface area contributed by atoms with Gasteiger partial charge in [0.1, 0.15) is 11.9 Å². The van der Waals surface area contributed by atoms with Gasteiger partial charge in [-0.3, -0.25) is 0 Å². The second kappa shape index (κ2) is 8.13. The van der Waals surface area contributed by atoms with Gasteiger partial charge >= 0.3 is 0 Å². The van der Waals surface area contributed by atoms with Crippen LogP contribution in [-0.2, 0) is 0 Å². The molecule has 0 unspecified atom stereocenters. The molecule has 0 radical (unpaired) electrons. The summed E-state index contributed by atoms with van der Waals surface area (Å²) in [6.07, 6.45) is 0. The van der Waals surface area contributed by atoms with Crippen LogP contribution in [-0.4, -0.2) is 16.5 Å². The number of nitrogens with one attached hydrogen (secondary N) is 2. The molecule has 130 valence electrons. The van der Waals surface area contributed by atoms with Crippen molar-refractivity contribution in [2.75, 3.05) is 17.2 Å². The first-order valence-electron chi connectivity index (χ1n) is 8.60. The molecule has 0 atom stereocenters. The van der Waals surface area contributed by atoms with Gasteiger partial charge < -0.3 is 10.6 Å². The number of hydrogen-bond acceptors (Lipinski definition) is 5. The van der Waals surface area contributed by atoms with Crippen molar-refractivity contribution in [3.63, 3.8) is 0 Å². The molecule has 0 fully saturated rings. The molecule has 0 amide bonds. The van der Waals surface area contributed by atoms with Gasteiger partial charge in [0.05, 0.1) is 16.9 Å². The number of aromatic nitrogens is 2. The summed E-state index contributed by atoms with van der Waals surface area (Å²) in [5.74, 6) is 1.69. The molecule has 2 N–H and O–H groups in total. The molecule has 0 aliphatic carbocycles. The van der Waals surface area contributed by atoms with Gasteiger partial charge in [-0.25, -0.2) is 4.98 Å². The van der Waals surface area contributed by atoms with Crippen LogP contribution in [0.25, 0.3) is 11.3 Å². The van der Waals surface area contributed by atoms with Crippen molar-refractivity contribution < 1.29 is 0 Å². The standard InChI is InChI=1S/C21H21N5/c1-15(2)14-23-21-25-19(16-8-4-3-5-9-16)12-20(26-21)24-18-11-7-6-10-17(18)13-22/h3-12,15H,14H2,1-2H3,(H2,23,24,25,26). The fourth-order valence-corrected chi connectivity index (χ4v) is 2.47. The summed E-state index contributed by atoms with van der Waals surface area (Å²) < 4.78 is 0. The Hall–Kier alpha value is -3.39. The van der Waals surface area contributed by atoms with Crippen molar-refractivity contribution in [2.45, 2.75) is 13.8 Å². The third kappa shape index (κ3) is 4.37. The van der Waals surface area contributed by atoms with Crippen molar-refractivity contribution in [3.8, 4) is 17.3 Å². The molecular weight excluding hydrogens is 322 g/mol. The Kier molecular flexibility index (Phi) is 5.45. The van der Waals surface area contributed by atoms with Crippen LogP contribution in [0.4, 0.5) is 17.5 Å². The lowest BCUT2D eigenvalue weighted by Crippen LogP contribution is -2.11. The van der Waals surface area contributed by atoms with Crippen LogP contribution < -0.4 is 10.6 Å². The molecule has 0 aliphatic rings. The fourth-order valence-electron chi connectivity index (χ4n) is 2.47. The summed E-state index contributed by atoms with van der Waals surface area (Å²) in [6, 6.07) is 21.4. The Morgan fingerprint density at radius 2 is 1.73 bits per heavy atom. The minimum atomic E-state index is 0.481. The molecule has 3 aromatic rings. The molecule has 0 bridgehead atoms. The number of rotatable bonds is 6. The number of nitriles is 1. The first-order valence-corrected chi connectivity index (χ1v) is 8.60. The Balaban J connectivity index is 1.98. The number of anilines is 3. The summed E-state index contributed by atoms with van der Waals surface area (Å²) in [5, 5.41) is 15.8. The Morgan fingerprint density at radius 1 is 1.00 bits per heavy atom. The van der Waals surface area contributed by atoms with E-state index >= 15 is 0 Å². The van der Waals surface area contributed by atoms with Gasteiger partial charge in [0.2, 0.25) is 5.95 Å². The van der Waals surface area contributed by atoms with Crippen molar-refractivity contribution in [1.82, 2.24) is 9.97 Å². The summed E-state index contributed by atoms with van der Waals surface area (Å²) in [6.45, 7) is 5.05. The molecule has 0 saturated carbocycles. The van der Waals surface area contributed by atoms with E-state index in [4.69, 9.17) is 0 Å². The molecule has 5 nitrogen and oxygen atoms in total. The van der Waals surface area contributed by atoms with E-state index in [1.54, 1.807) is 6.07 Å². The summed E-state index contributed by atoms with van der Waals surface area (Å²) in [4.78, 5) is 9.19. The summed E-state index contributed by atoms with van der Waals surface area (Å²) in [5.41, 5.74) is 3.13. The lowest BCUT2D eigenvalue weighted by Gasteiger charge is -2.13. The highest BCUT2D eigenvalue weighted by Crippen LogP contribution is 2.25. The average Bonchev–Trinajstić information content (AvgIpc) is 2.67. The number of hydrogen-bond donors (Lipinski definition) is 2. The quantitative estimate of drug-likeness (QED) is 0.671. The third-order valence-electron chi connectivity index (χ3n) is 3.77. The van der Waals surface area contributed by atoms with E-state index < -0.39 is 0 Å². The van der Waals surface area contributed by atoms with Crippen LogP contribution in [0, 0.1) is 17.2 Å². The molecular formula is C21H21N5. The minimum Gasteiger partial charge on any atom is -0.354 e. The van der Waals surface area contributed by atoms with Crippen LogP contribution >= 0.6 is 0 Å². The highest BCUT2D eigenvalue weighted by atomic mass is 15.1. The summed E-state index contributed by atoms with van der Waals surface area (Å²) >= 11 is 0. The van der Waals surface area contributed by atoms with Gasteiger partial charge in [-0.05, 0) is 18.1 Å². The zero-order valence-electron chi connectivity index (χ0n) is 14.9. The zero-order chi connectivity index (χ0) is 18.4. The SMILES string of the molecule is CC(C)CNc1nc(Nc2ccccc2C#N)cc(-c2ccccc2)n1. The van der Waals surface area contributed by atoms with E-state index in [1.165, 1.54) is 0 Å². The van der Waals surface area contributed by atoms with Crippen molar-refractivity contribution in [2.24, 2.45) is 5.92 Å². The fraction of sp³-hybridized carbons (Fsp3) is 0.190. The van der Waals surface area contributed by atoms with E-state index in [0.717, 1.165) is 23.5 Å². The highest BCUT2D eigenvalue weighted by Gasteiger charge is 2.09. The van der Waals surface area contributed by atoms with E-state index in [1.807, 2.05) is 54.6 Å². The van der Waals surface area contributed by atoms with Crippen LogP contribution in [0.1, 0.15) is 19.4 Å². The van der Waals surface area contributed by atoms with Gasteiger partial charge in [0.25, 0.3) is 0 Å². The van der Waals surface area contributed by atoms with Crippen LogP contribution in [0.2, 0.25) is 0 Å². The number of benzene rings is 2. The maximum atomic E-state index is 9.29. The van der Waals surface area contributed by atoms with Gasteiger partial charge in [-0.15, -0.1) is 0 Å². The molecule has 26 heavy (non-hydrogen) atoms. The average molecular weight is 343 g/mol. The maximum absolute atomic E-state index is 9.29. The second-order valence-corrected chi connectivity index (χ2v) is 6.39. The summed E-state index contributed by atoms with van der Waals surface area (Å²) in [7, 11) is 0. The predicted octanol–water partition coefficient (Wildman–Crippen LogP) is 4.83. The molecule has 2 aromatic carbocycles. The Labute approximate surface area is 153 Å². The molecule has 0 saturated heterocycles. The van der Waals surface area contributed by atoms with Crippen LogP contribution in [0.3, 0.4) is 0 Å². The normalized spacial score (nSPS) is 10.4. The number of nitrogens with zero attached hydrogens (tertiary/aromatic N) is 3. The largest absolute Gasteiger partial charge is 0.354 e. The Morgan fingerprint density at radius 3 is 2.46 bits per heavy atom.